The SMILES string of the molecule is CCCCCCCCCCCCCCCCC(=O)OCCOc1ccccc1. The first-order chi connectivity index (χ1) is 13.8. The van der Waals surface area contributed by atoms with Crippen molar-refractivity contribution in [2.75, 3.05) is 13.2 Å². The number of hydrogen-bond donors (Lipinski definition) is 0. The molecule has 0 fully saturated rings. The molecule has 0 radical (unpaired) electrons. The fourth-order valence-electron chi connectivity index (χ4n) is 3.37. The maximum Gasteiger partial charge on any atom is 0.305 e. The lowest BCUT2D eigenvalue weighted by Crippen LogP contribution is -2.11. The Balaban J connectivity index is 1.76. The molecule has 1 aromatic carbocycles. The number of unbranched alkanes of at least 4 members (excludes halogenated alkanes) is 13. The summed E-state index contributed by atoms with van der Waals surface area (Å²) < 4.78 is 10.7. The van der Waals surface area contributed by atoms with Gasteiger partial charge in [-0.3, -0.25) is 4.79 Å². The smallest absolute Gasteiger partial charge is 0.305 e. The van der Waals surface area contributed by atoms with Crippen LogP contribution in [-0.4, -0.2) is 19.2 Å². The van der Waals surface area contributed by atoms with E-state index in [9.17, 15) is 4.79 Å². The summed E-state index contributed by atoms with van der Waals surface area (Å²) in [6.45, 7) is 3.01. The Bertz CT molecular complexity index is 458. The number of para-hydroxylation sites is 1. The van der Waals surface area contributed by atoms with Crippen LogP contribution < -0.4 is 4.74 Å². The lowest BCUT2D eigenvalue weighted by molar-refractivity contribution is -0.144. The van der Waals surface area contributed by atoms with Crippen LogP contribution in [0.15, 0.2) is 30.3 Å². The van der Waals surface area contributed by atoms with Crippen molar-refractivity contribution in [3.8, 4) is 5.75 Å². The summed E-state index contributed by atoms with van der Waals surface area (Å²) in [7, 11) is 0. The third kappa shape index (κ3) is 15.5. The minimum Gasteiger partial charge on any atom is -0.490 e. The zero-order chi connectivity index (χ0) is 20.1. The third-order valence-electron chi connectivity index (χ3n) is 5.09. The number of benzene rings is 1. The van der Waals surface area contributed by atoms with Gasteiger partial charge in [0.15, 0.2) is 0 Å². The van der Waals surface area contributed by atoms with Crippen LogP contribution in [0.5, 0.6) is 5.75 Å². The predicted octanol–water partition coefficient (Wildman–Crippen LogP) is 7.48. The van der Waals surface area contributed by atoms with Crippen LogP contribution in [-0.2, 0) is 9.53 Å². The Morgan fingerprint density at radius 3 is 1.71 bits per heavy atom. The molecule has 28 heavy (non-hydrogen) atoms. The maximum atomic E-state index is 11.7. The Kier molecular flexibility index (Phi) is 16.5. The Hall–Kier alpha value is -1.51. The number of carbonyl (C=O) groups is 1. The zero-order valence-electron chi connectivity index (χ0n) is 18.1. The quantitative estimate of drug-likeness (QED) is 0.181. The summed E-state index contributed by atoms with van der Waals surface area (Å²) in [5, 5.41) is 0. The van der Waals surface area contributed by atoms with E-state index in [1.54, 1.807) is 0 Å². The van der Waals surface area contributed by atoms with Gasteiger partial charge in [0.05, 0.1) is 0 Å². The standard InChI is InChI=1S/C25H42O3/c1-2-3-4-5-6-7-8-9-10-11-12-13-14-18-21-25(26)28-23-22-27-24-19-16-15-17-20-24/h15-17,19-20H,2-14,18,21-23H2,1H3. The van der Waals surface area contributed by atoms with Crippen molar-refractivity contribution in [1.82, 2.24) is 0 Å². The molecule has 0 aliphatic carbocycles. The average molecular weight is 391 g/mol. The minimum atomic E-state index is -0.101. The third-order valence-corrected chi connectivity index (χ3v) is 5.09. The fourth-order valence-corrected chi connectivity index (χ4v) is 3.37. The molecule has 0 unspecified atom stereocenters. The molecule has 0 aromatic heterocycles. The first kappa shape index (κ1) is 24.5. The summed E-state index contributed by atoms with van der Waals surface area (Å²) in [5.41, 5.74) is 0. The van der Waals surface area contributed by atoms with Crippen molar-refractivity contribution in [2.24, 2.45) is 0 Å². The molecule has 0 heterocycles. The van der Waals surface area contributed by atoms with E-state index in [-0.39, 0.29) is 5.97 Å². The molecule has 1 rings (SSSR count). The van der Waals surface area contributed by atoms with Crippen LogP contribution in [0.3, 0.4) is 0 Å². The van der Waals surface area contributed by atoms with E-state index in [2.05, 4.69) is 6.92 Å². The van der Waals surface area contributed by atoms with Crippen molar-refractivity contribution in [3.05, 3.63) is 30.3 Å². The van der Waals surface area contributed by atoms with E-state index in [1.165, 1.54) is 77.0 Å². The van der Waals surface area contributed by atoms with Gasteiger partial charge in [-0.1, -0.05) is 109 Å². The highest BCUT2D eigenvalue weighted by molar-refractivity contribution is 5.69. The van der Waals surface area contributed by atoms with Gasteiger partial charge in [0.1, 0.15) is 19.0 Å². The number of carbonyl (C=O) groups excluding carboxylic acids is 1. The molecule has 0 N–H and O–H groups in total. The lowest BCUT2D eigenvalue weighted by atomic mass is 10.0. The first-order valence-corrected chi connectivity index (χ1v) is 11.7. The molecule has 0 bridgehead atoms. The van der Waals surface area contributed by atoms with Gasteiger partial charge in [0.25, 0.3) is 0 Å². The highest BCUT2D eigenvalue weighted by atomic mass is 16.6. The topological polar surface area (TPSA) is 35.5 Å². The molecule has 1 aromatic rings. The van der Waals surface area contributed by atoms with Crippen molar-refractivity contribution < 1.29 is 14.3 Å². The van der Waals surface area contributed by atoms with Crippen LogP contribution in [0.25, 0.3) is 0 Å². The monoisotopic (exact) mass is 390 g/mol. The average Bonchev–Trinajstić information content (AvgIpc) is 2.72. The van der Waals surface area contributed by atoms with Crippen LogP contribution in [0.2, 0.25) is 0 Å². The minimum absolute atomic E-state index is 0.101. The molecule has 160 valence electrons. The van der Waals surface area contributed by atoms with Gasteiger partial charge in [-0.25, -0.2) is 0 Å². The molecule has 0 aliphatic heterocycles. The van der Waals surface area contributed by atoms with Gasteiger partial charge in [-0.15, -0.1) is 0 Å². The molecule has 0 aliphatic rings. The normalized spacial score (nSPS) is 10.8. The molecule has 0 amide bonds. The van der Waals surface area contributed by atoms with Crippen LogP contribution in [0, 0.1) is 0 Å². The van der Waals surface area contributed by atoms with Gasteiger partial charge in [-0.2, -0.15) is 0 Å². The van der Waals surface area contributed by atoms with Gasteiger partial charge in [-0.05, 0) is 18.6 Å². The molecule has 0 atom stereocenters. The summed E-state index contributed by atoms with van der Waals surface area (Å²) in [6, 6.07) is 9.60. The van der Waals surface area contributed by atoms with Gasteiger partial charge in [0.2, 0.25) is 0 Å². The molecular weight excluding hydrogens is 348 g/mol. The van der Waals surface area contributed by atoms with E-state index in [4.69, 9.17) is 9.47 Å². The summed E-state index contributed by atoms with van der Waals surface area (Å²) in [6.07, 6.45) is 19.1. The van der Waals surface area contributed by atoms with E-state index >= 15 is 0 Å². The maximum absolute atomic E-state index is 11.7. The summed E-state index contributed by atoms with van der Waals surface area (Å²) >= 11 is 0. The van der Waals surface area contributed by atoms with Crippen molar-refractivity contribution in [1.29, 1.82) is 0 Å². The molecule has 0 saturated heterocycles. The molecule has 0 saturated carbocycles. The van der Waals surface area contributed by atoms with Crippen LogP contribution in [0.4, 0.5) is 0 Å². The number of hydrogen-bond acceptors (Lipinski definition) is 3. The van der Waals surface area contributed by atoms with Gasteiger partial charge >= 0.3 is 5.97 Å². The highest BCUT2D eigenvalue weighted by Gasteiger charge is 2.03. The zero-order valence-corrected chi connectivity index (χ0v) is 18.1. The Morgan fingerprint density at radius 2 is 1.18 bits per heavy atom. The van der Waals surface area contributed by atoms with E-state index < -0.39 is 0 Å². The fraction of sp³-hybridized carbons (Fsp3) is 0.720. The highest BCUT2D eigenvalue weighted by Crippen LogP contribution is 2.13. The Labute approximate surface area is 173 Å². The van der Waals surface area contributed by atoms with Crippen LogP contribution in [0.1, 0.15) is 103 Å². The predicted molar refractivity (Wildman–Crippen MR) is 118 cm³/mol. The molecular formula is C25H42O3. The molecule has 0 spiro atoms. The second kappa shape index (κ2) is 18.8. The number of ether oxygens (including phenoxy) is 2. The second-order valence-corrected chi connectivity index (χ2v) is 7.73. The van der Waals surface area contributed by atoms with E-state index in [0.717, 1.165) is 18.6 Å². The van der Waals surface area contributed by atoms with Gasteiger partial charge < -0.3 is 9.47 Å². The lowest BCUT2D eigenvalue weighted by Gasteiger charge is -2.07. The largest absolute Gasteiger partial charge is 0.490 e. The second-order valence-electron chi connectivity index (χ2n) is 7.73. The van der Waals surface area contributed by atoms with Crippen molar-refractivity contribution >= 4 is 5.97 Å². The van der Waals surface area contributed by atoms with Crippen molar-refractivity contribution in [3.63, 3.8) is 0 Å². The first-order valence-electron chi connectivity index (χ1n) is 11.7. The van der Waals surface area contributed by atoms with E-state index in [1.807, 2.05) is 30.3 Å². The van der Waals surface area contributed by atoms with Gasteiger partial charge in [0, 0.05) is 6.42 Å². The number of esters is 1. The van der Waals surface area contributed by atoms with E-state index in [0.29, 0.717) is 19.6 Å². The number of rotatable bonds is 19. The van der Waals surface area contributed by atoms with Crippen LogP contribution >= 0.6 is 0 Å². The summed E-state index contributed by atoms with van der Waals surface area (Å²) in [5.74, 6) is 0.709. The molecule has 3 heteroatoms. The Morgan fingerprint density at radius 1 is 0.679 bits per heavy atom. The van der Waals surface area contributed by atoms with Crippen molar-refractivity contribution in [2.45, 2.75) is 103 Å². The summed E-state index contributed by atoms with van der Waals surface area (Å²) in [4.78, 5) is 11.7. The molecule has 3 nitrogen and oxygen atoms in total.